The molecule has 16 heavy (non-hydrogen) atoms. The first-order chi connectivity index (χ1) is 7.57. The topological polar surface area (TPSA) is 69.6 Å². The third-order valence-electron chi connectivity index (χ3n) is 3.02. The first-order valence-electron chi connectivity index (χ1n) is 5.83. The highest BCUT2D eigenvalue weighted by molar-refractivity contribution is 5.80. The van der Waals surface area contributed by atoms with Gasteiger partial charge in [0, 0.05) is 19.5 Å². The van der Waals surface area contributed by atoms with Crippen LogP contribution in [0.1, 0.15) is 33.1 Å². The molecule has 2 unspecified atom stereocenters. The lowest BCUT2D eigenvalue weighted by Crippen LogP contribution is -2.61. The number of amides is 1. The van der Waals surface area contributed by atoms with Gasteiger partial charge in [-0.25, -0.2) is 0 Å². The summed E-state index contributed by atoms with van der Waals surface area (Å²) in [5.74, 6) is -0.817. The predicted octanol–water partition coefficient (Wildman–Crippen LogP) is 0.450. The van der Waals surface area contributed by atoms with Crippen molar-refractivity contribution in [1.29, 1.82) is 0 Å². The lowest BCUT2D eigenvalue weighted by molar-refractivity contribution is -0.145. The van der Waals surface area contributed by atoms with Crippen molar-refractivity contribution in [3.8, 4) is 0 Å². The average Bonchev–Trinajstić information content (AvgIpc) is 2.25. The molecule has 5 nitrogen and oxygen atoms in total. The Bertz CT molecular complexity index is 268. The summed E-state index contributed by atoms with van der Waals surface area (Å²) in [6, 6.07) is -0.907. The molecule has 1 rings (SSSR count). The van der Waals surface area contributed by atoms with Crippen LogP contribution < -0.4 is 5.32 Å². The fourth-order valence-electron chi connectivity index (χ4n) is 2.01. The molecule has 0 saturated carbocycles. The summed E-state index contributed by atoms with van der Waals surface area (Å²) in [6.45, 7) is 4.98. The number of hydrogen-bond acceptors (Lipinski definition) is 3. The van der Waals surface area contributed by atoms with Crippen LogP contribution in [0, 0.1) is 0 Å². The van der Waals surface area contributed by atoms with Gasteiger partial charge in [0.1, 0.15) is 6.04 Å². The maximum atomic E-state index is 11.8. The van der Waals surface area contributed by atoms with Crippen molar-refractivity contribution in [1.82, 2.24) is 10.2 Å². The number of carbonyl (C=O) groups excluding carboxylic acids is 1. The third kappa shape index (κ3) is 2.95. The second-order valence-corrected chi connectivity index (χ2v) is 4.20. The van der Waals surface area contributed by atoms with Gasteiger partial charge in [-0.05, 0) is 13.3 Å². The zero-order valence-electron chi connectivity index (χ0n) is 9.90. The second-order valence-electron chi connectivity index (χ2n) is 4.20. The zero-order valence-corrected chi connectivity index (χ0v) is 9.90. The summed E-state index contributed by atoms with van der Waals surface area (Å²) in [6.07, 6.45) is 2.37. The van der Waals surface area contributed by atoms with E-state index in [2.05, 4.69) is 5.32 Å². The van der Waals surface area contributed by atoms with Crippen molar-refractivity contribution < 1.29 is 14.7 Å². The van der Waals surface area contributed by atoms with Crippen LogP contribution in [-0.2, 0) is 9.59 Å². The van der Waals surface area contributed by atoms with Crippen molar-refractivity contribution in [3.63, 3.8) is 0 Å². The number of rotatable bonds is 4. The van der Waals surface area contributed by atoms with Gasteiger partial charge in [0.15, 0.2) is 0 Å². The van der Waals surface area contributed by atoms with Crippen LogP contribution in [0.3, 0.4) is 0 Å². The largest absolute Gasteiger partial charge is 0.480 e. The van der Waals surface area contributed by atoms with Gasteiger partial charge in [-0.3, -0.25) is 9.59 Å². The van der Waals surface area contributed by atoms with E-state index in [1.807, 2.05) is 6.92 Å². The zero-order chi connectivity index (χ0) is 12.1. The normalized spacial score (nSPS) is 25.5. The van der Waals surface area contributed by atoms with Crippen molar-refractivity contribution >= 4 is 11.9 Å². The van der Waals surface area contributed by atoms with Crippen molar-refractivity contribution in [2.75, 3.05) is 13.1 Å². The Kier molecular flexibility index (Phi) is 4.73. The van der Waals surface area contributed by atoms with Gasteiger partial charge in [-0.15, -0.1) is 0 Å². The number of hydrogen-bond donors (Lipinski definition) is 2. The maximum Gasteiger partial charge on any atom is 0.322 e. The average molecular weight is 228 g/mol. The van der Waals surface area contributed by atoms with Crippen LogP contribution in [0.5, 0.6) is 0 Å². The molecule has 1 aliphatic heterocycles. The number of carboxylic acids is 1. The Hall–Kier alpha value is -1.10. The Balaban J connectivity index is 2.59. The van der Waals surface area contributed by atoms with Crippen LogP contribution in [0.4, 0.5) is 0 Å². The molecule has 2 atom stereocenters. The van der Waals surface area contributed by atoms with E-state index in [9.17, 15) is 9.59 Å². The van der Waals surface area contributed by atoms with Gasteiger partial charge in [-0.1, -0.05) is 13.3 Å². The molecule has 0 bridgehead atoms. The molecule has 2 N–H and O–H groups in total. The minimum absolute atomic E-state index is 0.0714. The van der Waals surface area contributed by atoms with Gasteiger partial charge in [0.2, 0.25) is 5.91 Å². The quantitative estimate of drug-likeness (QED) is 0.733. The molecule has 1 amide bonds. The molecule has 92 valence electrons. The first kappa shape index (κ1) is 13.0. The molecule has 1 aliphatic rings. The highest BCUT2D eigenvalue weighted by Gasteiger charge is 2.34. The van der Waals surface area contributed by atoms with E-state index in [0.717, 1.165) is 12.8 Å². The van der Waals surface area contributed by atoms with E-state index in [0.29, 0.717) is 19.5 Å². The van der Waals surface area contributed by atoms with Crippen LogP contribution in [-0.4, -0.2) is 47.1 Å². The summed E-state index contributed by atoms with van der Waals surface area (Å²) >= 11 is 0. The summed E-state index contributed by atoms with van der Waals surface area (Å²) < 4.78 is 0. The summed E-state index contributed by atoms with van der Waals surface area (Å²) in [5.41, 5.74) is 0. The highest BCUT2D eigenvalue weighted by Crippen LogP contribution is 2.12. The molecule has 0 aliphatic carbocycles. The Morgan fingerprint density at radius 3 is 2.75 bits per heavy atom. The molecular formula is C11H20N2O3. The number of carbonyl (C=O) groups is 2. The van der Waals surface area contributed by atoms with Crippen molar-refractivity contribution in [2.24, 2.45) is 0 Å². The number of carboxylic acid groups (broad SMARTS) is 1. The molecule has 0 aromatic heterocycles. The van der Waals surface area contributed by atoms with E-state index in [1.165, 1.54) is 0 Å². The van der Waals surface area contributed by atoms with Crippen molar-refractivity contribution in [3.05, 3.63) is 0 Å². The summed E-state index contributed by atoms with van der Waals surface area (Å²) in [5, 5.41) is 11.9. The summed E-state index contributed by atoms with van der Waals surface area (Å²) in [7, 11) is 0. The fraction of sp³-hybridized carbons (Fsp3) is 0.818. The fourth-order valence-corrected chi connectivity index (χ4v) is 2.01. The lowest BCUT2D eigenvalue weighted by Gasteiger charge is -2.38. The third-order valence-corrected chi connectivity index (χ3v) is 3.02. The Labute approximate surface area is 95.8 Å². The Morgan fingerprint density at radius 2 is 2.19 bits per heavy atom. The van der Waals surface area contributed by atoms with Crippen LogP contribution in [0.15, 0.2) is 0 Å². The predicted molar refractivity (Wildman–Crippen MR) is 60.1 cm³/mol. The molecule has 0 spiro atoms. The van der Waals surface area contributed by atoms with E-state index < -0.39 is 12.0 Å². The first-order valence-corrected chi connectivity index (χ1v) is 5.83. The lowest BCUT2D eigenvalue weighted by atomic mass is 10.0. The molecule has 1 saturated heterocycles. The van der Waals surface area contributed by atoms with E-state index in [1.54, 1.807) is 11.8 Å². The number of unbranched alkanes of at least 4 members (excludes halogenated alkanes) is 1. The van der Waals surface area contributed by atoms with Gasteiger partial charge < -0.3 is 15.3 Å². The minimum atomic E-state index is -0.888. The van der Waals surface area contributed by atoms with E-state index in [4.69, 9.17) is 5.11 Å². The number of nitrogens with zero attached hydrogens (tertiary/aromatic N) is 1. The minimum Gasteiger partial charge on any atom is -0.480 e. The van der Waals surface area contributed by atoms with Crippen LogP contribution in [0.2, 0.25) is 0 Å². The van der Waals surface area contributed by atoms with Gasteiger partial charge in [-0.2, -0.15) is 0 Å². The molecule has 1 fully saturated rings. The van der Waals surface area contributed by atoms with E-state index >= 15 is 0 Å². The number of aliphatic carboxylic acids is 1. The molecule has 5 heteroatoms. The van der Waals surface area contributed by atoms with Crippen LogP contribution >= 0.6 is 0 Å². The molecule has 0 radical (unpaired) electrons. The van der Waals surface area contributed by atoms with Crippen LogP contribution in [0.25, 0.3) is 0 Å². The highest BCUT2D eigenvalue weighted by atomic mass is 16.4. The monoisotopic (exact) mass is 228 g/mol. The standard InChI is InChI=1S/C11H20N2O3/c1-3-4-5-9(14)13-7-6-12-10(8(13)2)11(15)16/h8,10,12H,3-7H2,1-2H3,(H,15,16). The molecule has 0 aromatic carbocycles. The van der Waals surface area contributed by atoms with Gasteiger partial charge in [0.05, 0.1) is 6.04 Å². The van der Waals surface area contributed by atoms with Crippen molar-refractivity contribution in [2.45, 2.75) is 45.2 Å². The second kappa shape index (κ2) is 5.84. The smallest absolute Gasteiger partial charge is 0.322 e. The summed E-state index contributed by atoms with van der Waals surface area (Å²) in [4.78, 5) is 24.5. The number of piperazine rings is 1. The van der Waals surface area contributed by atoms with Gasteiger partial charge in [0.25, 0.3) is 0 Å². The molecule has 1 heterocycles. The Morgan fingerprint density at radius 1 is 1.50 bits per heavy atom. The number of nitrogens with one attached hydrogen (secondary N) is 1. The SMILES string of the molecule is CCCCC(=O)N1CCNC(C(=O)O)C1C. The molecular weight excluding hydrogens is 208 g/mol. The molecule has 0 aromatic rings. The maximum absolute atomic E-state index is 11.8. The van der Waals surface area contributed by atoms with Gasteiger partial charge >= 0.3 is 5.97 Å². The van der Waals surface area contributed by atoms with E-state index in [-0.39, 0.29) is 11.9 Å².